The molecule has 1 aromatic carbocycles. The molecule has 5 heteroatoms. The van der Waals surface area contributed by atoms with Crippen molar-refractivity contribution in [3.63, 3.8) is 0 Å². The molecular formula is C14H22N2O3. The lowest BCUT2D eigenvalue weighted by molar-refractivity contribution is -0.385. The van der Waals surface area contributed by atoms with Crippen molar-refractivity contribution in [2.45, 2.75) is 33.1 Å². The minimum Gasteiger partial charge on any atom is -0.396 e. The zero-order valence-electron chi connectivity index (χ0n) is 11.6. The van der Waals surface area contributed by atoms with E-state index in [2.05, 4.69) is 12.2 Å². The first kappa shape index (κ1) is 15.4. The minimum absolute atomic E-state index is 0.138. The maximum absolute atomic E-state index is 10.9. The number of aliphatic hydroxyl groups excluding tert-OH is 1. The molecule has 0 heterocycles. The van der Waals surface area contributed by atoms with Gasteiger partial charge in [-0.15, -0.1) is 0 Å². The van der Waals surface area contributed by atoms with Gasteiger partial charge < -0.3 is 10.4 Å². The summed E-state index contributed by atoms with van der Waals surface area (Å²) in [6.45, 7) is 4.78. The second-order valence-electron chi connectivity index (χ2n) is 4.75. The van der Waals surface area contributed by atoms with Crippen molar-refractivity contribution in [2.24, 2.45) is 5.92 Å². The molecular weight excluding hydrogens is 244 g/mol. The molecule has 0 spiro atoms. The predicted octanol–water partition coefficient (Wildman–Crippen LogP) is 3.11. The van der Waals surface area contributed by atoms with Gasteiger partial charge in [0.25, 0.3) is 5.69 Å². The van der Waals surface area contributed by atoms with Crippen molar-refractivity contribution in [1.82, 2.24) is 0 Å². The lowest BCUT2D eigenvalue weighted by atomic mass is 10.00. The van der Waals surface area contributed by atoms with Crippen molar-refractivity contribution in [1.29, 1.82) is 0 Å². The maximum Gasteiger partial charge on any atom is 0.274 e. The van der Waals surface area contributed by atoms with Gasteiger partial charge in [-0.1, -0.05) is 19.4 Å². The monoisotopic (exact) mass is 266 g/mol. The van der Waals surface area contributed by atoms with E-state index in [0.29, 0.717) is 11.5 Å². The molecule has 0 fully saturated rings. The fraction of sp³-hybridized carbons (Fsp3) is 0.571. The summed E-state index contributed by atoms with van der Waals surface area (Å²) in [7, 11) is 0. The molecule has 1 unspecified atom stereocenters. The Morgan fingerprint density at radius 1 is 1.42 bits per heavy atom. The number of nitrogens with zero attached hydrogens (tertiary/aromatic N) is 1. The fourth-order valence-electron chi connectivity index (χ4n) is 2.21. The molecule has 0 bridgehead atoms. The zero-order valence-corrected chi connectivity index (χ0v) is 11.6. The third-order valence-corrected chi connectivity index (χ3v) is 3.32. The normalized spacial score (nSPS) is 12.2. The topological polar surface area (TPSA) is 75.4 Å². The summed E-state index contributed by atoms with van der Waals surface area (Å²) in [5.41, 5.74) is 1.60. The molecule has 19 heavy (non-hydrogen) atoms. The van der Waals surface area contributed by atoms with E-state index in [4.69, 9.17) is 5.11 Å². The molecule has 1 aromatic rings. The van der Waals surface area contributed by atoms with Gasteiger partial charge in [0.05, 0.1) is 4.92 Å². The average molecular weight is 266 g/mol. The molecule has 0 saturated carbocycles. The Bertz CT molecular complexity index is 415. The van der Waals surface area contributed by atoms with E-state index in [0.717, 1.165) is 31.5 Å². The average Bonchev–Trinajstić information content (AvgIpc) is 2.37. The summed E-state index contributed by atoms with van der Waals surface area (Å²) < 4.78 is 0. The number of hydrogen-bond acceptors (Lipinski definition) is 4. The van der Waals surface area contributed by atoms with Crippen molar-refractivity contribution in [2.75, 3.05) is 18.5 Å². The minimum atomic E-state index is -0.363. The van der Waals surface area contributed by atoms with Crippen molar-refractivity contribution < 1.29 is 10.0 Å². The number of anilines is 1. The van der Waals surface area contributed by atoms with Gasteiger partial charge in [0, 0.05) is 30.5 Å². The second kappa shape index (κ2) is 7.74. The van der Waals surface area contributed by atoms with Crippen molar-refractivity contribution in [3.8, 4) is 0 Å². The first-order valence-electron chi connectivity index (χ1n) is 6.68. The van der Waals surface area contributed by atoms with Crippen LogP contribution < -0.4 is 5.32 Å². The lowest BCUT2D eigenvalue weighted by Gasteiger charge is -2.17. The number of hydrogen-bond donors (Lipinski definition) is 2. The van der Waals surface area contributed by atoms with E-state index in [1.807, 2.05) is 6.07 Å². The Labute approximate surface area is 113 Å². The fourth-order valence-corrected chi connectivity index (χ4v) is 2.21. The van der Waals surface area contributed by atoms with Gasteiger partial charge in [-0.2, -0.15) is 0 Å². The number of nitro groups is 1. The summed E-state index contributed by atoms with van der Waals surface area (Å²) in [5.74, 6) is 0.397. The van der Waals surface area contributed by atoms with E-state index in [1.54, 1.807) is 13.0 Å². The highest BCUT2D eigenvalue weighted by molar-refractivity contribution is 5.59. The van der Waals surface area contributed by atoms with Crippen LogP contribution in [-0.4, -0.2) is 23.2 Å². The van der Waals surface area contributed by atoms with Crippen LogP contribution in [0, 0.1) is 23.0 Å². The van der Waals surface area contributed by atoms with E-state index < -0.39 is 0 Å². The lowest BCUT2D eigenvalue weighted by Crippen LogP contribution is -2.16. The Kier molecular flexibility index (Phi) is 6.29. The Balaban J connectivity index is 2.71. The van der Waals surface area contributed by atoms with Crippen LogP contribution in [0.2, 0.25) is 0 Å². The van der Waals surface area contributed by atoms with Gasteiger partial charge in [0.2, 0.25) is 0 Å². The molecule has 0 aliphatic rings. The van der Waals surface area contributed by atoms with E-state index in [-0.39, 0.29) is 17.2 Å². The number of nitro benzene ring substituents is 1. The summed E-state index contributed by atoms with van der Waals surface area (Å²) >= 11 is 0. The highest BCUT2D eigenvalue weighted by Gasteiger charge is 2.14. The third-order valence-electron chi connectivity index (χ3n) is 3.32. The molecule has 5 nitrogen and oxygen atoms in total. The quantitative estimate of drug-likeness (QED) is 0.560. The molecule has 0 aliphatic heterocycles. The predicted molar refractivity (Wildman–Crippen MR) is 76.4 cm³/mol. The summed E-state index contributed by atoms with van der Waals surface area (Å²) in [5, 5.41) is 23.1. The Morgan fingerprint density at radius 3 is 2.74 bits per heavy atom. The van der Waals surface area contributed by atoms with Crippen molar-refractivity contribution in [3.05, 3.63) is 33.9 Å². The highest BCUT2D eigenvalue weighted by Crippen LogP contribution is 2.25. The smallest absolute Gasteiger partial charge is 0.274 e. The number of benzene rings is 1. The highest BCUT2D eigenvalue weighted by atomic mass is 16.6. The van der Waals surface area contributed by atoms with Gasteiger partial charge in [0.15, 0.2) is 0 Å². The van der Waals surface area contributed by atoms with Gasteiger partial charge in [-0.05, 0) is 31.7 Å². The van der Waals surface area contributed by atoms with Crippen LogP contribution in [-0.2, 0) is 0 Å². The standard InChI is InChI=1S/C14H22N2O3/c1-3-5-12(8-9-17)10-15-13-6-4-7-14(11(13)2)16(18)19/h4,6-7,12,15,17H,3,5,8-10H2,1-2H3. The SMILES string of the molecule is CCCC(CCO)CNc1cccc([N+](=O)[O-])c1C. The van der Waals surface area contributed by atoms with Crippen LogP contribution in [0.1, 0.15) is 31.7 Å². The van der Waals surface area contributed by atoms with E-state index in [1.165, 1.54) is 6.07 Å². The number of nitrogens with one attached hydrogen (secondary N) is 1. The molecule has 0 amide bonds. The van der Waals surface area contributed by atoms with Crippen LogP contribution in [0.4, 0.5) is 11.4 Å². The largest absolute Gasteiger partial charge is 0.396 e. The molecule has 2 N–H and O–H groups in total. The molecule has 0 aliphatic carbocycles. The number of rotatable bonds is 8. The van der Waals surface area contributed by atoms with E-state index >= 15 is 0 Å². The Morgan fingerprint density at radius 2 is 2.16 bits per heavy atom. The second-order valence-corrected chi connectivity index (χ2v) is 4.75. The summed E-state index contributed by atoms with van der Waals surface area (Å²) in [4.78, 5) is 10.5. The first-order chi connectivity index (χ1) is 9.10. The molecule has 1 rings (SSSR count). The molecule has 0 radical (unpaired) electrons. The summed E-state index contributed by atoms with van der Waals surface area (Å²) in [6.07, 6.45) is 2.87. The van der Waals surface area contributed by atoms with Gasteiger partial charge >= 0.3 is 0 Å². The number of aliphatic hydroxyl groups is 1. The van der Waals surface area contributed by atoms with Crippen LogP contribution in [0.3, 0.4) is 0 Å². The molecule has 106 valence electrons. The van der Waals surface area contributed by atoms with Crippen LogP contribution >= 0.6 is 0 Å². The van der Waals surface area contributed by atoms with E-state index in [9.17, 15) is 10.1 Å². The third kappa shape index (κ3) is 4.52. The van der Waals surface area contributed by atoms with Gasteiger partial charge in [-0.25, -0.2) is 0 Å². The van der Waals surface area contributed by atoms with Crippen LogP contribution in [0.25, 0.3) is 0 Å². The maximum atomic E-state index is 10.9. The molecule has 1 atom stereocenters. The van der Waals surface area contributed by atoms with Crippen molar-refractivity contribution >= 4 is 11.4 Å². The zero-order chi connectivity index (χ0) is 14.3. The van der Waals surface area contributed by atoms with Crippen LogP contribution in [0.5, 0.6) is 0 Å². The Hall–Kier alpha value is -1.62. The van der Waals surface area contributed by atoms with Gasteiger partial charge in [-0.3, -0.25) is 10.1 Å². The molecule has 0 aromatic heterocycles. The van der Waals surface area contributed by atoms with Gasteiger partial charge in [0.1, 0.15) is 0 Å². The molecule has 0 saturated heterocycles. The summed E-state index contributed by atoms with van der Waals surface area (Å²) in [6, 6.07) is 5.05. The first-order valence-corrected chi connectivity index (χ1v) is 6.68. The van der Waals surface area contributed by atoms with Crippen LogP contribution in [0.15, 0.2) is 18.2 Å².